The van der Waals surface area contributed by atoms with E-state index >= 15 is 0 Å². The van der Waals surface area contributed by atoms with Crippen molar-refractivity contribution in [3.63, 3.8) is 0 Å². The smallest absolute Gasteiger partial charge is 0.165 e. The lowest BCUT2D eigenvalue weighted by Gasteiger charge is -2.24. The first-order valence-electron chi connectivity index (χ1n) is 6.24. The van der Waals surface area contributed by atoms with Crippen LogP contribution in [-0.4, -0.2) is 23.4 Å². The van der Waals surface area contributed by atoms with Gasteiger partial charge in [-0.1, -0.05) is 26.0 Å². The van der Waals surface area contributed by atoms with E-state index in [4.69, 9.17) is 5.11 Å². The van der Waals surface area contributed by atoms with Gasteiger partial charge in [-0.15, -0.1) is 0 Å². The average molecular weight is 255 g/mol. The van der Waals surface area contributed by atoms with E-state index in [1.54, 1.807) is 12.1 Å². The molecular weight excluding hydrogens is 233 g/mol. The standard InChI is InChI=1S/C14H22FNO2/c1-14(2,7-4-8-17)10-16-9-11-5-3-6-12(15)13(11)18/h3,5-6,16-18H,4,7-10H2,1-2H3. The number of rotatable bonds is 7. The molecule has 0 aliphatic carbocycles. The Bertz CT molecular complexity index is 380. The lowest BCUT2D eigenvalue weighted by molar-refractivity contribution is 0.236. The Morgan fingerprint density at radius 1 is 1.33 bits per heavy atom. The summed E-state index contributed by atoms with van der Waals surface area (Å²) in [4.78, 5) is 0. The Kier molecular flexibility index (Phi) is 5.56. The third kappa shape index (κ3) is 4.63. The molecule has 0 bridgehead atoms. The first-order valence-corrected chi connectivity index (χ1v) is 6.24. The third-order valence-electron chi connectivity index (χ3n) is 3.00. The van der Waals surface area contributed by atoms with Crippen LogP contribution in [0, 0.1) is 11.2 Å². The zero-order valence-corrected chi connectivity index (χ0v) is 11.0. The second-order valence-electron chi connectivity index (χ2n) is 5.34. The van der Waals surface area contributed by atoms with Crippen LogP contribution in [0.3, 0.4) is 0 Å². The molecule has 0 fully saturated rings. The number of aromatic hydroxyl groups is 1. The van der Waals surface area contributed by atoms with Crippen LogP contribution in [0.15, 0.2) is 18.2 Å². The van der Waals surface area contributed by atoms with E-state index in [2.05, 4.69) is 19.2 Å². The van der Waals surface area contributed by atoms with Crippen molar-refractivity contribution < 1.29 is 14.6 Å². The van der Waals surface area contributed by atoms with Crippen molar-refractivity contribution in [3.05, 3.63) is 29.6 Å². The molecule has 0 atom stereocenters. The van der Waals surface area contributed by atoms with E-state index in [-0.39, 0.29) is 17.8 Å². The molecule has 0 saturated heterocycles. The molecule has 0 saturated carbocycles. The maximum atomic E-state index is 13.1. The second-order valence-corrected chi connectivity index (χ2v) is 5.34. The number of nitrogens with one attached hydrogen (secondary N) is 1. The molecule has 1 rings (SSSR count). The van der Waals surface area contributed by atoms with Crippen molar-refractivity contribution in [1.29, 1.82) is 0 Å². The SMILES string of the molecule is CC(C)(CCCO)CNCc1cccc(F)c1O. The van der Waals surface area contributed by atoms with Gasteiger partial charge in [-0.05, 0) is 24.3 Å². The molecule has 1 aromatic rings. The van der Waals surface area contributed by atoms with E-state index in [1.807, 2.05) is 0 Å². The highest BCUT2D eigenvalue weighted by Crippen LogP contribution is 2.23. The highest BCUT2D eigenvalue weighted by Gasteiger charge is 2.17. The Hall–Kier alpha value is -1.13. The molecule has 0 aromatic heterocycles. The zero-order chi connectivity index (χ0) is 13.6. The number of aliphatic hydroxyl groups is 1. The van der Waals surface area contributed by atoms with Gasteiger partial charge in [0.1, 0.15) is 0 Å². The molecule has 0 unspecified atom stereocenters. The minimum Gasteiger partial charge on any atom is -0.505 e. The Balaban J connectivity index is 2.44. The molecule has 102 valence electrons. The molecule has 0 radical (unpaired) electrons. The van der Waals surface area contributed by atoms with Gasteiger partial charge >= 0.3 is 0 Å². The fraction of sp³-hybridized carbons (Fsp3) is 0.571. The first kappa shape index (κ1) is 14.9. The van der Waals surface area contributed by atoms with Crippen LogP contribution in [0.1, 0.15) is 32.3 Å². The largest absolute Gasteiger partial charge is 0.505 e. The van der Waals surface area contributed by atoms with Gasteiger partial charge in [-0.3, -0.25) is 0 Å². The molecule has 0 spiro atoms. The van der Waals surface area contributed by atoms with Crippen molar-refractivity contribution in [2.75, 3.05) is 13.2 Å². The number of hydrogen-bond donors (Lipinski definition) is 3. The highest BCUT2D eigenvalue weighted by molar-refractivity contribution is 5.33. The molecule has 3 N–H and O–H groups in total. The van der Waals surface area contributed by atoms with E-state index in [1.165, 1.54) is 6.07 Å². The highest BCUT2D eigenvalue weighted by atomic mass is 19.1. The maximum absolute atomic E-state index is 13.1. The van der Waals surface area contributed by atoms with Gasteiger partial charge < -0.3 is 15.5 Å². The number of para-hydroxylation sites is 1. The molecule has 0 heterocycles. The summed E-state index contributed by atoms with van der Waals surface area (Å²) in [5, 5.41) is 21.5. The van der Waals surface area contributed by atoms with Crippen LogP contribution in [0.4, 0.5) is 4.39 Å². The molecule has 0 aliphatic heterocycles. The van der Waals surface area contributed by atoms with Crippen molar-refractivity contribution >= 4 is 0 Å². The van der Waals surface area contributed by atoms with Gasteiger partial charge in [0.05, 0.1) is 0 Å². The average Bonchev–Trinajstić information content (AvgIpc) is 2.32. The Morgan fingerprint density at radius 2 is 2.06 bits per heavy atom. The van der Waals surface area contributed by atoms with Gasteiger partial charge in [0, 0.05) is 25.3 Å². The quantitative estimate of drug-likeness (QED) is 0.701. The number of phenols is 1. The molecule has 0 aliphatic rings. The van der Waals surface area contributed by atoms with Crippen molar-refractivity contribution in [1.82, 2.24) is 5.32 Å². The van der Waals surface area contributed by atoms with E-state index < -0.39 is 5.82 Å². The summed E-state index contributed by atoms with van der Waals surface area (Å²) in [6.45, 7) is 5.62. The molecular formula is C14H22FNO2. The minimum absolute atomic E-state index is 0.0751. The van der Waals surface area contributed by atoms with Crippen LogP contribution < -0.4 is 5.32 Å². The molecule has 18 heavy (non-hydrogen) atoms. The molecule has 0 amide bonds. The number of phenolic OH excluding ortho intramolecular Hbond substituents is 1. The lowest BCUT2D eigenvalue weighted by Crippen LogP contribution is -2.29. The molecule has 1 aromatic carbocycles. The topological polar surface area (TPSA) is 52.5 Å². The minimum atomic E-state index is -0.589. The predicted molar refractivity (Wildman–Crippen MR) is 69.9 cm³/mol. The number of aliphatic hydroxyl groups excluding tert-OH is 1. The van der Waals surface area contributed by atoms with Crippen LogP contribution in [0.25, 0.3) is 0 Å². The summed E-state index contributed by atoms with van der Waals surface area (Å²) in [7, 11) is 0. The number of hydrogen-bond acceptors (Lipinski definition) is 3. The number of benzene rings is 1. The van der Waals surface area contributed by atoms with Crippen molar-refractivity contribution in [2.24, 2.45) is 5.41 Å². The summed E-state index contributed by atoms with van der Waals surface area (Å²) >= 11 is 0. The van der Waals surface area contributed by atoms with Crippen molar-refractivity contribution in [3.8, 4) is 5.75 Å². The summed E-state index contributed by atoms with van der Waals surface area (Å²) in [6, 6.07) is 4.53. The van der Waals surface area contributed by atoms with E-state index in [9.17, 15) is 9.50 Å². The second kappa shape index (κ2) is 6.71. The van der Waals surface area contributed by atoms with Gasteiger partial charge in [0.15, 0.2) is 11.6 Å². The van der Waals surface area contributed by atoms with Crippen LogP contribution in [-0.2, 0) is 6.54 Å². The van der Waals surface area contributed by atoms with Crippen LogP contribution in [0.2, 0.25) is 0 Å². The summed E-state index contributed by atoms with van der Waals surface area (Å²) < 4.78 is 13.1. The fourth-order valence-corrected chi connectivity index (χ4v) is 1.88. The summed E-state index contributed by atoms with van der Waals surface area (Å²) in [5.74, 6) is -0.869. The molecule has 4 heteroatoms. The molecule has 3 nitrogen and oxygen atoms in total. The van der Waals surface area contributed by atoms with Crippen molar-refractivity contribution in [2.45, 2.75) is 33.2 Å². The summed E-state index contributed by atoms with van der Waals surface area (Å²) in [5.41, 5.74) is 0.638. The predicted octanol–water partition coefficient (Wildman–Crippen LogP) is 2.42. The van der Waals surface area contributed by atoms with Gasteiger partial charge in [0.25, 0.3) is 0 Å². The summed E-state index contributed by atoms with van der Waals surface area (Å²) in [6.07, 6.45) is 1.70. The normalized spacial score (nSPS) is 11.8. The first-order chi connectivity index (χ1) is 8.46. The lowest BCUT2D eigenvalue weighted by atomic mass is 9.88. The van der Waals surface area contributed by atoms with E-state index in [0.717, 1.165) is 19.4 Å². The van der Waals surface area contributed by atoms with Gasteiger partial charge in [-0.25, -0.2) is 4.39 Å². The van der Waals surface area contributed by atoms with Gasteiger partial charge in [-0.2, -0.15) is 0 Å². The number of halogens is 1. The van der Waals surface area contributed by atoms with Gasteiger partial charge in [0.2, 0.25) is 0 Å². The fourth-order valence-electron chi connectivity index (χ4n) is 1.88. The third-order valence-corrected chi connectivity index (χ3v) is 3.00. The maximum Gasteiger partial charge on any atom is 0.165 e. The Morgan fingerprint density at radius 3 is 2.72 bits per heavy atom. The van der Waals surface area contributed by atoms with E-state index in [0.29, 0.717) is 12.1 Å². The monoisotopic (exact) mass is 255 g/mol. The van der Waals surface area contributed by atoms with Crippen LogP contribution in [0.5, 0.6) is 5.75 Å². The Labute approximate surface area is 108 Å². The zero-order valence-electron chi connectivity index (χ0n) is 11.0. The van der Waals surface area contributed by atoms with Crippen LogP contribution >= 0.6 is 0 Å².